The first-order chi connectivity index (χ1) is 17.2. The number of benzene rings is 4. The molecule has 0 saturated heterocycles. The Morgan fingerprint density at radius 3 is 2.03 bits per heavy atom. The van der Waals surface area contributed by atoms with Crippen LogP contribution in [-0.2, 0) is 9.84 Å². The van der Waals surface area contributed by atoms with Gasteiger partial charge in [-0.1, -0.05) is 66.7 Å². The highest BCUT2D eigenvalue weighted by Crippen LogP contribution is 2.35. The molecule has 0 N–H and O–H groups in total. The van der Waals surface area contributed by atoms with Crippen LogP contribution < -0.4 is 0 Å². The summed E-state index contributed by atoms with van der Waals surface area (Å²) < 4.78 is 27.1. The van der Waals surface area contributed by atoms with Crippen molar-refractivity contribution in [3.05, 3.63) is 140 Å². The number of carbonyl (C=O) groups is 1. The van der Waals surface area contributed by atoms with E-state index >= 15 is 0 Å². The lowest BCUT2D eigenvalue weighted by Gasteiger charge is -2.19. The van der Waals surface area contributed by atoms with E-state index in [1.165, 1.54) is 54.6 Å². The van der Waals surface area contributed by atoms with Gasteiger partial charge in [0.15, 0.2) is 5.78 Å². The summed E-state index contributed by atoms with van der Waals surface area (Å²) >= 11 is 0. The van der Waals surface area contributed by atoms with Crippen LogP contribution in [0.4, 0.5) is 11.4 Å². The maximum atomic E-state index is 14.0. The first-order valence-corrected chi connectivity index (χ1v) is 12.0. The van der Waals surface area contributed by atoms with Gasteiger partial charge in [-0.15, -0.1) is 0 Å². The van der Waals surface area contributed by atoms with Crippen molar-refractivity contribution >= 4 is 27.0 Å². The predicted octanol–water partition coefficient (Wildman–Crippen LogP) is 5.15. The number of rotatable bonds is 8. The fourth-order valence-electron chi connectivity index (χ4n) is 3.91. The summed E-state index contributed by atoms with van der Waals surface area (Å²) in [5.41, 5.74) is -0.397. The molecule has 4 rings (SSSR count). The Labute approximate surface area is 205 Å². The number of Topliss-reactive ketones (excluding diaryl/α,β-unsaturated/α-hetero) is 1. The number of nitro benzene ring substituents is 2. The lowest BCUT2D eigenvalue weighted by molar-refractivity contribution is -0.387. The molecule has 1 atom stereocenters. The second-order valence-electron chi connectivity index (χ2n) is 7.70. The van der Waals surface area contributed by atoms with Crippen molar-refractivity contribution in [1.82, 2.24) is 0 Å². The van der Waals surface area contributed by atoms with Crippen molar-refractivity contribution in [2.24, 2.45) is 0 Å². The molecule has 36 heavy (non-hydrogen) atoms. The summed E-state index contributed by atoms with van der Waals surface area (Å²) in [6, 6.07) is 25.3. The summed E-state index contributed by atoms with van der Waals surface area (Å²) in [7, 11) is -4.49. The average molecular weight is 501 g/mol. The van der Waals surface area contributed by atoms with E-state index in [9.17, 15) is 33.4 Å². The van der Waals surface area contributed by atoms with Crippen molar-refractivity contribution in [1.29, 1.82) is 0 Å². The van der Waals surface area contributed by atoms with Crippen molar-refractivity contribution < 1.29 is 23.1 Å². The second kappa shape index (κ2) is 9.88. The Morgan fingerprint density at radius 1 is 0.750 bits per heavy atom. The van der Waals surface area contributed by atoms with Gasteiger partial charge in [-0.05, 0) is 29.3 Å². The molecule has 9 nitrogen and oxygen atoms in total. The van der Waals surface area contributed by atoms with Gasteiger partial charge < -0.3 is 0 Å². The van der Waals surface area contributed by atoms with Crippen LogP contribution in [0.1, 0.15) is 27.4 Å². The monoisotopic (exact) mass is 501 g/mol. The lowest BCUT2D eigenvalue weighted by Crippen LogP contribution is -2.18. The number of non-ortho nitro benzene ring substituents is 1. The minimum absolute atomic E-state index is 0.194. The molecular formula is C26H17N2O7S. The SMILES string of the molecule is O=C(c1ccccc1S(=O)(=O)c1ccccc1[N+](=O)[O-])C(c1ccccc1)c1cc[c]c([N+](=O)[O-])c1. The molecule has 0 fully saturated rings. The zero-order valence-electron chi connectivity index (χ0n) is 18.5. The fourth-order valence-corrected chi connectivity index (χ4v) is 5.54. The molecule has 0 aromatic heterocycles. The minimum atomic E-state index is -4.49. The van der Waals surface area contributed by atoms with Gasteiger partial charge in [0.25, 0.3) is 11.4 Å². The third-order valence-corrected chi connectivity index (χ3v) is 7.39. The van der Waals surface area contributed by atoms with Crippen molar-refractivity contribution in [2.75, 3.05) is 0 Å². The van der Waals surface area contributed by atoms with E-state index in [1.54, 1.807) is 30.3 Å². The standard InChI is InChI=1S/C26H17N2O7S/c29-26(25(18-9-2-1-3-10-18)19-11-8-12-20(17-19)27(30)31)21-13-4-6-15-23(21)36(34,35)24-16-7-5-14-22(24)28(32)33/h1-11,13-17,25H. The van der Waals surface area contributed by atoms with Crippen LogP contribution in [0.3, 0.4) is 0 Å². The molecule has 179 valence electrons. The van der Waals surface area contributed by atoms with Crippen LogP contribution in [0, 0.1) is 26.3 Å². The van der Waals surface area contributed by atoms with E-state index in [0.29, 0.717) is 5.56 Å². The van der Waals surface area contributed by atoms with Crippen molar-refractivity contribution in [2.45, 2.75) is 15.7 Å². The van der Waals surface area contributed by atoms with E-state index < -0.39 is 46.9 Å². The number of hydrogen-bond acceptors (Lipinski definition) is 7. The zero-order chi connectivity index (χ0) is 25.9. The highest BCUT2D eigenvalue weighted by molar-refractivity contribution is 7.91. The molecule has 10 heteroatoms. The average Bonchev–Trinajstić information content (AvgIpc) is 2.89. The molecule has 0 aliphatic carbocycles. The van der Waals surface area contributed by atoms with Crippen LogP contribution >= 0.6 is 0 Å². The first kappa shape index (κ1) is 24.4. The Bertz CT molecular complexity index is 1580. The number of hydrogen-bond donors (Lipinski definition) is 0. The third kappa shape index (κ3) is 4.62. The molecule has 0 bridgehead atoms. The second-order valence-corrected chi connectivity index (χ2v) is 9.58. The van der Waals surface area contributed by atoms with Gasteiger partial charge >= 0.3 is 0 Å². The summed E-state index contributed by atoms with van der Waals surface area (Å²) in [6.07, 6.45) is 0. The van der Waals surface area contributed by atoms with Crippen molar-refractivity contribution in [3.8, 4) is 0 Å². The molecule has 0 aliphatic heterocycles. The summed E-state index contributed by atoms with van der Waals surface area (Å²) in [5, 5.41) is 22.8. The maximum Gasteiger partial charge on any atom is 0.288 e. The van der Waals surface area contributed by atoms with E-state index in [1.807, 2.05) is 0 Å². The van der Waals surface area contributed by atoms with Crippen molar-refractivity contribution in [3.63, 3.8) is 0 Å². The van der Waals surface area contributed by atoms with Gasteiger partial charge in [-0.2, -0.15) is 0 Å². The molecule has 4 aromatic rings. The highest BCUT2D eigenvalue weighted by atomic mass is 32.2. The molecule has 1 radical (unpaired) electrons. The first-order valence-electron chi connectivity index (χ1n) is 10.5. The summed E-state index contributed by atoms with van der Waals surface area (Å²) in [6.45, 7) is 0. The number of para-hydroxylation sites is 1. The predicted molar refractivity (Wildman–Crippen MR) is 130 cm³/mol. The molecule has 1 unspecified atom stereocenters. The number of nitro groups is 2. The van der Waals surface area contributed by atoms with Gasteiger partial charge in [0.1, 0.15) is 4.90 Å². The van der Waals surface area contributed by atoms with E-state index in [2.05, 4.69) is 6.07 Å². The van der Waals surface area contributed by atoms with Gasteiger partial charge in [0, 0.05) is 17.7 Å². The molecule has 0 aliphatic rings. The van der Waals surface area contributed by atoms with Gasteiger partial charge in [0.05, 0.1) is 26.7 Å². The van der Waals surface area contributed by atoms with Crippen LogP contribution in [0.15, 0.2) is 107 Å². The Hall–Kier alpha value is -4.70. The van der Waals surface area contributed by atoms with Crippen LogP contribution in [0.2, 0.25) is 0 Å². The highest BCUT2D eigenvalue weighted by Gasteiger charge is 2.33. The molecular weight excluding hydrogens is 484 g/mol. The molecule has 4 aromatic carbocycles. The Kier molecular flexibility index (Phi) is 6.71. The Morgan fingerprint density at radius 2 is 1.36 bits per heavy atom. The number of carbonyl (C=O) groups excluding carboxylic acids is 1. The van der Waals surface area contributed by atoms with Crippen LogP contribution in [0.5, 0.6) is 0 Å². The number of nitrogens with zero attached hydrogens (tertiary/aromatic N) is 2. The van der Waals surface area contributed by atoms with E-state index in [-0.39, 0.29) is 16.8 Å². The molecule has 0 saturated carbocycles. The fraction of sp³-hybridized carbons (Fsp3) is 0.0385. The number of sulfone groups is 1. The summed E-state index contributed by atoms with van der Waals surface area (Å²) in [5.74, 6) is -1.72. The minimum Gasteiger partial charge on any atom is -0.293 e. The van der Waals surface area contributed by atoms with Gasteiger partial charge in [-0.25, -0.2) is 8.42 Å². The normalized spacial score (nSPS) is 12.0. The molecule has 0 amide bonds. The lowest BCUT2D eigenvalue weighted by atomic mass is 9.84. The summed E-state index contributed by atoms with van der Waals surface area (Å²) in [4.78, 5) is 34.4. The largest absolute Gasteiger partial charge is 0.293 e. The third-order valence-electron chi connectivity index (χ3n) is 5.53. The van der Waals surface area contributed by atoms with Crippen LogP contribution in [-0.4, -0.2) is 24.0 Å². The Balaban J connectivity index is 1.92. The smallest absolute Gasteiger partial charge is 0.288 e. The topological polar surface area (TPSA) is 137 Å². The quantitative estimate of drug-likeness (QED) is 0.185. The maximum absolute atomic E-state index is 14.0. The van der Waals surface area contributed by atoms with Gasteiger partial charge in [-0.3, -0.25) is 25.0 Å². The zero-order valence-corrected chi connectivity index (χ0v) is 19.3. The van der Waals surface area contributed by atoms with Gasteiger partial charge in [0.2, 0.25) is 9.84 Å². The van der Waals surface area contributed by atoms with E-state index in [4.69, 9.17) is 0 Å². The van der Waals surface area contributed by atoms with Crippen LogP contribution in [0.25, 0.3) is 0 Å². The molecule has 0 spiro atoms. The number of ketones is 1. The van der Waals surface area contributed by atoms with E-state index in [0.717, 1.165) is 12.1 Å². The molecule has 0 heterocycles.